The number of rotatable bonds is 4. The van der Waals surface area contributed by atoms with Gasteiger partial charge in [-0.25, -0.2) is 8.42 Å². The molecule has 0 radical (unpaired) electrons. The highest BCUT2D eigenvalue weighted by Gasteiger charge is 2.31. The van der Waals surface area contributed by atoms with Gasteiger partial charge in [-0.2, -0.15) is 4.31 Å². The van der Waals surface area contributed by atoms with E-state index in [2.05, 4.69) is 10.2 Å². The van der Waals surface area contributed by atoms with Crippen LogP contribution in [0.2, 0.25) is 0 Å². The smallest absolute Gasteiger partial charge is 0.215 e. The van der Waals surface area contributed by atoms with E-state index in [4.69, 9.17) is 4.74 Å². The van der Waals surface area contributed by atoms with Crippen LogP contribution in [0.25, 0.3) is 0 Å². The lowest BCUT2D eigenvalue weighted by Gasteiger charge is -2.35. The van der Waals surface area contributed by atoms with Crippen molar-refractivity contribution in [2.24, 2.45) is 0 Å². The summed E-state index contributed by atoms with van der Waals surface area (Å²) in [5.41, 5.74) is 0. The van der Waals surface area contributed by atoms with Crippen LogP contribution in [0.1, 0.15) is 13.8 Å². The van der Waals surface area contributed by atoms with Crippen LogP contribution in [-0.4, -0.2) is 81.4 Å². The molecule has 0 aromatic carbocycles. The minimum absolute atomic E-state index is 0.0160. The third-order valence-electron chi connectivity index (χ3n) is 3.65. The molecule has 0 amide bonds. The Morgan fingerprint density at radius 2 is 1.74 bits per heavy atom. The molecule has 19 heavy (non-hydrogen) atoms. The summed E-state index contributed by atoms with van der Waals surface area (Å²) in [5, 5.41) is 3.27. The van der Waals surface area contributed by atoms with E-state index >= 15 is 0 Å². The summed E-state index contributed by atoms with van der Waals surface area (Å²) >= 11 is 0. The Labute approximate surface area is 116 Å². The first kappa shape index (κ1) is 15.2. The second-order valence-electron chi connectivity index (χ2n) is 5.48. The van der Waals surface area contributed by atoms with Crippen molar-refractivity contribution in [3.05, 3.63) is 0 Å². The molecule has 2 fully saturated rings. The summed E-state index contributed by atoms with van der Waals surface area (Å²) in [6.45, 7) is 9.21. The third-order valence-corrected chi connectivity index (χ3v) is 5.44. The van der Waals surface area contributed by atoms with Crippen molar-refractivity contribution >= 4 is 10.0 Å². The molecule has 2 unspecified atom stereocenters. The van der Waals surface area contributed by atoms with Crippen LogP contribution in [0.4, 0.5) is 0 Å². The molecular weight excluding hydrogens is 266 g/mol. The Morgan fingerprint density at radius 3 is 2.32 bits per heavy atom. The van der Waals surface area contributed by atoms with Crippen LogP contribution in [0.5, 0.6) is 0 Å². The fraction of sp³-hybridized carbons (Fsp3) is 1.00. The molecule has 2 rings (SSSR count). The van der Waals surface area contributed by atoms with E-state index in [1.165, 1.54) is 0 Å². The van der Waals surface area contributed by atoms with E-state index in [1.807, 2.05) is 13.8 Å². The first-order chi connectivity index (χ1) is 8.97. The van der Waals surface area contributed by atoms with Gasteiger partial charge < -0.3 is 10.1 Å². The molecule has 0 aromatic rings. The van der Waals surface area contributed by atoms with E-state index in [1.54, 1.807) is 4.31 Å². The minimum Gasteiger partial charge on any atom is -0.373 e. The number of hydrogen-bond acceptors (Lipinski definition) is 5. The van der Waals surface area contributed by atoms with E-state index in [-0.39, 0.29) is 18.0 Å². The van der Waals surface area contributed by atoms with Gasteiger partial charge in [-0.05, 0) is 13.8 Å². The molecule has 112 valence electrons. The fourth-order valence-electron chi connectivity index (χ4n) is 2.67. The van der Waals surface area contributed by atoms with E-state index in [0.717, 1.165) is 26.2 Å². The molecule has 0 spiro atoms. The molecule has 2 atom stereocenters. The van der Waals surface area contributed by atoms with Gasteiger partial charge in [0.05, 0.1) is 18.0 Å². The summed E-state index contributed by atoms with van der Waals surface area (Å²) in [7, 11) is -3.16. The van der Waals surface area contributed by atoms with Gasteiger partial charge in [0, 0.05) is 45.8 Å². The monoisotopic (exact) mass is 291 g/mol. The van der Waals surface area contributed by atoms with Crippen LogP contribution < -0.4 is 5.32 Å². The Kier molecular flexibility index (Phi) is 5.19. The molecule has 0 aliphatic carbocycles. The van der Waals surface area contributed by atoms with Gasteiger partial charge in [0.1, 0.15) is 0 Å². The van der Waals surface area contributed by atoms with Crippen LogP contribution in [0.3, 0.4) is 0 Å². The lowest BCUT2D eigenvalue weighted by molar-refractivity contribution is -0.0441. The Hall–Kier alpha value is -0.210. The van der Waals surface area contributed by atoms with E-state index in [0.29, 0.717) is 19.6 Å². The van der Waals surface area contributed by atoms with Crippen molar-refractivity contribution in [2.45, 2.75) is 26.1 Å². The summed E-state index contributed by atoms with van der Waals surface area (Å²) in [6, 6.07) is 0. The largest absolute Gasteiger partial charge is 0.373 e. The quantitative estimate of drug-likeness (QED) is 0.744. The van der Waals surface area contributed by atoms with E-state index < -0.39 is 10.0 Å². The molecule has 0 bridgehead atoms. The summed E-state index contributed by atoms with van der Waals surface area (Å²) in [5.74, 6) is 0.215. The SMILES string of the molecule is CC1CN(S(=O)(=O)CCN2CCNCC2)CC(C)O1. The lowest BCUT2D eigenvalue weighted by Crippen LogP contribution is -2.51. The standard InChI is InChI=1S/C12H25N3O3S/c1-11-9-15(10-12(2)18-11)19(16,17)8-7-14-5-3-13-4-6-14/h11-13H,3-10H2,1-2H3. The highest BCUT2D eigenvalue weighted by Crippen LogP contribution is 2.15. The number of nitrogens with zero attached hydrogens (tertiary/aromatic N) is 2. The molecule has 2 aliphatic heterocycles. The molecular formula is C12H25N3O3S. The van der Waals surface area contributed by atoms with Gasteiger partial charge in [-0.3, -0.25) is 4.90 Å². The maximum absolute atomic E-state index is 12.3. The first-order valence-corrected chi connectivity index (χ1v) is 8.64. The number of hydrogen-bond donors (Lipinski definition) is 1. The second kappa shape index (κ2) is 6.49. The molecule has 6 nitrogen and oxygen atoms in total. The van der Waals surface area contributed by atoms with Crippen LogP contribution in [0, 0.1) is 0 Å². The van der Waals surface area contributed by atoms with Gasteiger partial charge in [0.2, 0.25) is 10.0 Å². The summed E-state index contributed by atoms with van der Waals surface area (Å²) in [4.78, 5) is 2.21. The van der Waals surface area contributed by atoms with Crippen molar-refractivity contribution in [2.75, 3.05) is 51.6 Å². The van der Waals surface area contributed by atoms with E-state index in [9.17, 15) is 8.42 Å². The van der Waals surface area contributed by atoms with Crippen molar-refractivity contribution in [3.63, 3.8) is 0 Å². The molecule has 2 aliphatic rings. The Morgan fingerprint density at radius 1 is 1.16 bits per heavy atom. The number of morpholine rings is 1. The average molecular weight is 291 g/mol. The van der Waals surface area contributed by atoms with Crippen molar-refractivity contribution < 1.29 is 13.2 Å². The zero-order chi connectivity index (χ0) is 13.9. The predicted molar refractivity (Wildman–Crippen MR) is 74.7 cm³/mol. The minimum atomic E-state index is -3.16. The highest BCUT2D eigenvalue weighted by molar-refractivity contribution is 7.89. The first-order valence-electron chi connectivity index (χ1n) is 7.04. The zero-order valence-corrected chi connectivity index (χ0v) is 12.7. The molecule has 7 heteroatoms. The maximum atomic E-state index is 12.3. The number of ether oxygens (including phenoxy) is 1. The molecule has 2 heterocycles. The predicted octanol–water partition coefficient (Wildman–Crippen LogP) is -0.669. The van der Waals surface area contributed by atoms with Crippen molar-refractivity contribution in [1.29, 1.82) is 0 Å². The molecule has 2 saturated heterocycles. The van der Waals surface area contributed by atoms with Crippen LogP contribution >= 0.6 is 0 Å². The van der Waals surface area contributed by atoms with Gasteiger partial charge in [0.15, 0.2) is 0 Å². The number of piperazine rings is 1. The third kappa shape index (κ3) is 4.39. The maximum Gasteiger partial charge on any atom is 0.215 e. The van der Waals surface area contributed by atoms with Crippen molar-refractivity contribution in [1.82, 2.24) is 14.5 Å². The normalized spacial score (nSPS) is 31.5. The Bertz CT molecular complexity index is 372. The molecule has 0 saturated carbocycles. The van der Waals surface area contributed by atoms with Crippen molar-refractivity contribution in [3.8, 4) is 0 Å². The summed E-state index contributed by atoms with van der Waals surface area (Å²) < 4.78 is 31.9. The topological polar surface area (TPSA) is 61.9 Å². The fourth-order valence-corrected chi connectivity index (χ4v) is 4.29. The molecule has 0 aromatic heterocycles. The van der Waals surface area contributed by atoms with Gasteiger partial charge in [-0.1, -0.05) is 0 Å². The highest BCUT2D eigenvalue weighted by atomic mass is 32.2. The van der Waals surface area contributed by atoms with Crippen LogP contribution in [0.15, 0.2) is 0 Å². The lowest BCUT2D eigenvalue weighted by atomic mass is 10.3. The van der Waals surface area contributed by atoms with Gasteiger partial charge in [0.25, 0.3) is 0 Å². The number of nitrogens with one attached hydrogen (secondary N) is 1. The zero-order valence-electron chi connectivity index (χ0n) is 11.8. The second-order valence-corrected chi connectivity index (χ2v) is 7.57. The van der Waals surface area contributed by atoms with Gasteiger partial charge in [-0.15, -0.1) is 0 Å². The average Bonchev–Trinajstić information content (AvgIpc) is 2.37. The summed E-state index contributed by atoms with van der Waals surface area (Å²) in [6.07, 6.45) is -0.0320. The Balaban J connectivity index is 1.86. The van der Waals surface area contributed by atoms with Gasteiger partial charge >= 0.3 is 0 Å². The molecule has 1 N–H and O–H groups in total. The number of sulfonamides is 1. The van der Waals surface area contributed by atoms with Crippen LogP contribution in [-0.2, 0) is 14.8 Å².